The third-order valence-corrected chi connectivity index (χ3v) is 5.87. The van der Waals surface area contributed by atoms with Crippen molar-refractivity contribution in [3.8, 4) is 0 Å². The molecule has 0 unspecified atom stereocenters. The maximum Gasteiger partial charge on any atom is 0.407 e. The zero-order valence-electron chi connectivity index (χ0n) is 14.4. The summed E-state index contributed by atoms with van der Waals surface area (Å²) in [6.07, 6.45) is 2.52. The van der Waals surface area contributed by atoms with Crippen molar-refractivity contribution >= 4 is 12.0 Å². The summed E-state index contributed by atoms with van der Waals surface area (Å²) in [7, 11) is 0. The third kappa shape index (κ3) is 2.98. The number of benzene rings is 1. The van der Waals surface area contributed by atoms with Gasteiger partial charge in [0.1, 0.15) is 12.4 Å². The Morgan fingerprint density at radius 2 is 2.04 bits per heavy atom. The molecule has 0 radical (unpaired) electrons. The van der Waals surface area contributed by atoms with E-state index in [1.54, 1.807) is 6.07 Å². The van der Waals surface area contributed by atoms with Gasteiger partial charge in [-0.25, -0.2) is 9.18 Å². The smallest absolute Gasteiger partial charge is 0.407 e. The number of carbonyl (C=O) groups excluding carboxylic acids is 2. The monoisotopic (exact) mass is 346 g/mol. The van der Waals surface area contributed by atoms with Crippen LogP contribution < -0.4 is 5.32 Å². The molecule has 1 aromatic rings. The molecule has 4 rings (SSSR count). The molecule has 1 aliphatic carbocycles. The minimum atomic E-state index is -0.383. The number of amides is 2. The van der Waals surface area contributed by atoms with Gasteiger partial charge in [0.25, 0.3) is 0 Å². The molecule has 1 saturated carbocycles. The van der Waals surface area contributed by atoms with Crippen molar-refractivity contribution in [3.05, 3.63) is 35.1 Å². The van der Waals surface area contributed by atoms with Crippen LogP contribution in [0.3, 0.4) is 0 Å². The van der Waals surface area contributed by atoms with Gasteiger partial charge in [-0.2, -0.15) is 0 Å². The van der Waals surface area contributed by atoms with Crippen LogP contribution in [0.25, 0.3) is 0 Å². The van der Waals surface area contributed by atoms with Crippen LogP contribution in [0, 0.1) is 18.7 Å². The fourth-order valence-electron chi connectivity index (χ4n) is 4.42. The van der Waals surface area contributed by atoms with E-state index in [9.17, 15) is 14.0 Å². The van der Waals surface area contributed by atoms with Crippen LogP contribution in [-0.4, -0.2) is 42.1 Å². The van der Waals surface area contributed by atoms with Crippen molar-refractivity contribution in [2.45, 2.75) is 44.1 Å². The van der Waals surface area contributed by atoms with E-state index in [-0.39, 0.29) is 35.2 Å². The summed E-state index contributed by atoms with van der Waals surface area (Å²) in [6.45, 7) is 3.68. The zero-order valence-corrected chi connectivity index (χ0v) is 14.4. The second kappa shape index (κ2) is 6.00. The molecule has 3 aliphatic rings. The number of alkyl carbamates (subject to hydrolysis) is 1. The Kier molecular flexibility index (Phi) is 3.93. The Morgan fingerprint density at radius 3 is 2.68 bits per heavy atom. The van der Waals surface area contributed by atoms with E-state index in [0.717, 1.165) is 24.0 Å². The Bertz CT molecular complexity index is 707. The van der Waals surface area contributed by atoms with Crippen molar-refractivity contribution < 1.29 is 18.7 Å². The Morgan fingerprint density at radius 1 is 1.32 bits per heavy atom. The highest BCUT2D eigenvalue weighted by atomic mass is 19.1. The summed E-state index contributed by atoms with van der Waals surface area (Å²) in [5, 5.41) is 2.82. The second-order valence-corrected chi connectivity index (χ2v) is 7.71. The van der Waals surface area contributed by atoms with E-state index in [1.165, 1.54) is 6.07 Å². The van der Waals surface area contributed by atoms with Crippen molar-refractivity contribution in [1.82, 2.24) is 10.2 Å². The first-order valence-electron chi connectivity index (χ1n) is 8.96. The molecule has 1 aromatic carbocycles. The highest BCUT2D eigenvalue weighted by molar-refractivity contribution is 5.81. The molecule has 3 fully saturated rings. The van der Waals surface area contributed by atoms with Crippen LogP contribution in [0.4, 0.5) is 9.18 Å². The summed E-state index contributed by atoms with van der Waals surface area (Å²) < 4.78 is 19.0. The molecule has 6 heteroatoms. The van der Waals surface area contributed by atoms with Gasteiger partial charge in [0, 0.05) is 19.0 Å². The van der Waals surface area contributed by atoms with E-state index in [2.05, 4.69) is 5.32 Å². The maximum absolute atomic E-state index is 14.1. The third-order valence-electron chi connectivity index (χ3n) is 5.87. The quantitative estimate of drug-likeness (QED) is 0.896. The van der Waals surface area contributed by atoms with E-state index in [1.807, 2.05) is 17.9 Å². The predicted octanol–water partition coefficient (Wildman–Crippen LogP) is 2.73. The number of hydrogen-bond donors (Lipinski definition) is 1. The molecule has 134 valence electrons. The summed E-state index contributed by atoms with van der Waals surface area (Å²) in [5.74, 6) is 0.164. The van der Waals surface area contributed by atoms with Crippen molar-refractivity contribution in [2.75, 3.05) is 19.7 Å². The van der Waals surface area contributed by atoms with E-state index >= 15 is 0 Å². The molecule has 25 heavy (non-hydrogen) atoms. The van der Waals surface area contributed by atoms with Crippen LogP contribution in [0.1, 0.15) is 42.7 Å². The summed E-state index contributed by atoms with van der Waals surface area (Å²) >= 11 is 0. The standard InChI is InChI=1S/C19H23FN2O3/c1-12-2-3-16(20)15(8-12)13-4-6-22(7-5-13)17(23)14-9-19(10-14)11-25-18(24)21-19/h2-3,8,13-14H,4-7,9-11H2,1H3,(H,21,24)/t14-,19+. The normalized spacial score (nSPS) is 29.3. The number of carbonyl (C=O) groups is 2. The van der Waals surface area contributed by atoms with Crippen LogP contribution in [0.15, 0.2) is 18.2 Å². The largest absolute Gasteiger partial charge is 0.447 e. The lowest BCUT2D eigenvalue weighted by atomic mass is 9.68. The van der Waals surface area contributed by atoms with Gasteiger partial charge in [-0.3, -0.25) is 4.79 Å². The molecular formula is C19H23FN2O3. The number of hydrogen-bond acceptors (Lipinski definition) is 3. The Balaban J connectivity index is 1.32. The number of nitrogens with one attached hydrogen (secondary N) is 1. The molecule has 1 N–H and O–H groups in total. The van der Waals surface area contributed by atoms with Gasteiger partial charge >= 0.3 is 6.09 Å². The number of rotatable bonds is 2. The average molecular weight is 346 g/mol. The molecular weight excluding hydrogens is 323 g/mol. The number of ether oxygens (including phenoxy) is 1. The Labute approximate surface area is 146 Å². The molecule has 2 amide bonds. The maximum atomic E-state index is 14.1. The van der Waals surface area contributed by atoms with Gasteiger partial charge in [0.05, 0.1) is 5.54 Å². The lowest BCUT2D eigenvalue weighted by molar-refractivity contribution is -0.142. The van der Waals surface area contributed by atoms with E-state index < -0.39 is 0 Å². The highest BCUT2D eigenvalue weighted by Crippen LogP contribution is 2.42. The fourth-order valence-corrected chi connectivity index (χ4v) is 4.42. The number of halogens is 1. The van der Waals surface area contributed by atoms with Gasteiger partial charge in [-0.15, -0.1) is 0 Å². The first-order valence-corrected chi connectivity index (χ1v) is 8.96. The molecule has 0 atom stereocenters. The molecule has 5 nitrogen and oxygen atoms in total. The lowest BCUT2D eigenvalue weighted by Crippen LogP contribution is -2.58. The SMILES string of the molecule is Cc1ccc(F)c(C2CCN(C(=O)[C@H]3C[C@]4(COC(=O)N4)C3)CC2)c1. The van der Waals surface area contributed by atoms with Crippen LogP contribution in [-0.2, 0) is 9.53 Å². The van der Waals surface area contributed by atoms with Crippen LogP contribution in [0.2, 0.25) is 0 Å². The van der Waals surface area contributed by atoms with Crippen LogP contribution in [0.5, 0.6) is 0 Å². The van der Waals surface area contributed by atoms with Crippen molar-refractivity contribution in [3.63, 3.8) is 0 Å². The average Bonchev–Trinajstić information content (AvgIpc) is 2.97. The van der Waals surface area contributed by atoms with Gasteiger partial charge in [-0.05, 0) is 50.2 Å². The number of cyclic esters (lactones) is 1. The number of aryl methyl sites for hydroxylation is 1. The molecule has 2 aliphatic heterocycles. The topological polar surface area (TPSA) is 58.6 Å². The van der Waals surface area contributed by atoms with Crippen LogP contribution >= 0.6 is 0 Å². The summed E-state index contributed by atoms with van der Waals surface area (Å²) in [5.41, 5.74) is 1.52. The molecule has 1 spiro atoms. The minimum Gasteiger partial charge on any atom is -0.447 e. The summed E-state index contributed by atoms with van der Waals surface area (Å²) in [4.78, 5) is 25.8. The molecule has 0 aromatic heterocycles. The van der Waals surface area contributed by atoms with Crippen molar-refractivity contribution in [2.24, 2.45) is 5.92 Å². The van der Waals surface area contributed by atoms with Gasteiger partial charge in [0.15, 0.2) is 0 Å². The lowest BCUT2D eigenvalue weighted by Gasteiger charge is -2.45. The van der Waals surface area contributed by atoms with E-state index in [0.29, 0.717) is 32.5 Å². The molecule has 0 bridgehead atoms. The molecule has 2 heterocycles. The fraction of sp³-hybridized carbons (Fsp3) is 0.579. The highest BCUT2D eigenvalue weighted by Gasteiger charge is 2.53. The molecule has 2 saturated heterocycles. The van der Waals surface area contributed by atoms with Gasteiger partial charge < -0.3 is 15.0 Å². The number of likely N-dealkylation sites (tertiary alicyclic amines) is 1. The number of nitrogens with zero attached hydrogens (tertiary/aromatic N) is 1. The first-order chi connectivity index (χ1) is 12.0. The minimum absolute atomic E-state index is 0.0331. The number of piperidine rings is 1. The predicted molar refractivity (Wildman–Crippen MR) is 89.6 cm³/mol. The second-order valence-electron chi connectivity index (χ2n) is 7.71. The van der Waals surface area contributed by atoms with Gasteiger partial charge in [0.2, 0.25) is 5.91 Å². The Hall–Kier alpha value is -2.11. The van der Waals surface area contributed by atoms with Gasteiger partial charge in [-0.1, -0.05) is 17.7 Å². The van der Waals surface area contributed by atoms with Crippen molar-refractivity contribution in [1.29, 1.82) is 0 Å². The first kappa shape index (κ1) is 16.4. The van der Waals surface area contributed by atoms with E-state index in [4.69, 9.17) is 4.74 Å². The zero-order chi connectivity index (χ0) is 17.6. The summed E-state index contributed by atoms with van der Waals surface area (Å²) in [6, 6.07) is 5.25.